The molecular weight excluding hydrogens is 278 g/mol. The second kappa shape index (κ2) is 5.43. The molecule has 0 unspecified atom stereocenters. The molecule has 20 heavy (non-hydrogen) atoms. The summed E-state index contributed by atoms with van der Waals surface area (Å²) in [7, 11) is 0. The zero-order valence-electron chi connectivity index (χ0n) is 11.1. The summed E-state index contributed by atoms with van der Waals surface area (Å²) in [5, 5.41) is 17.1. The quantitative estimate of drug-likeness (QED) is 0.444. The highest BCUT2D eigenvalue weighted by Crippen LogP contribution is 2.36. The standard InChI is InChI=1S/C12H15N5O2S/c1-12(2,11-14-6-7-20-11)15-8-4-3-5-9(16-13)10(8)17(18)19/h3-7,15-16H,13H2,1-2H3. The molecule has 0 saturated heterocycles. The third-order valence-corrected chi connectivity index (χ3v) is 3.89. The summed E-state index contributed by atoms with van der Waals surface area (Å²) in [5.74, 6) is 5.32. The summed E-state index contributed by atoms with van der Waals surface area (Å²) in [6, 6.07) is 4.90. The molecule has 1 aromatic carbocycles. The van der Waals surface area contributed by atoms with Gasteiger partial charge in [0.05, 0.1) is 10.5 Å². The summed E-state index contributed by atoms with van der Waals surface area (Å²) in [6.07, 6.45) is 1.70. The van der Waals surface area contributed by atoms with Crippen LogP contribution in [-0.2, 0) is 5.54 Å². The number of benzene rings is 1. The Bertz CT molecular complexity index is 612. The van der Waals surface area contributed by atoms with Crippen molar-refractivity contribution in [2.24, 2.45) is 5.84 Å². The van der Waals surface area contributed by atoms with Crippen LogP contribution in [0.4, 0.5) is 17.1 Å². The Balaban J connectivity index is 2.41. The average molecular weight is 293 g/mol. The summed E-state index contributed by atoms with van der Waals surface area (Å²) in [5.41, 5.74) is 2.39. The van der Waals surface area contributed by atoms with Gasteiger partial charge in [-0.05, 0) is 26.0 Å². The maximum absolute atomic E-state index is 11.2. The topological polar surface area (TPSA) is 106 Å². The van der Waals surface area contributed by atoms with Gasteiger partial charge in [0.15, 0.2) is 0 Å². The first-order valence-corrected chi connectivity index (χ1v) is 6.76. The number of hydrogen-bond donors (Lipinski definition) is 3. The van der Waals surface area contributed by atoms with Crippen molar-refractivity contribution in [2.45, 2.75) is 19.4 Å². The first-order valence-electron chi connectivity index (χ1n) is 5.88. The fraction of sp³-hybridized carbons (Fsp3) is 0.250. The Morgan fingerprint density at radius 3 is 2.65 bits per heavy atom. The Hall–Kier alpha value is -2.19. The number of thiazole rings is 1. The fourth-order valence-electron chi connectivity index (χ4n) is 1.88. The average Bonchev–Trinajstić information content (AvgIpc) is 2.92. The van der Waals surface area contributed by atoms with Gasteiger partial charge in [-0.2, -0.15) is 0 Å². The van der Waals surface area contributed by atoms with Gasteiger partial charge in [-0.1, -0.05) is 6.07 Å². The van der Waals surface area contributed by atoms with Crippen LogP contribution < -0.4 is 16.6 Å². The highest BCUT2D eigenvalue weighted by Gasteiger charge is 2.28. The first kappa shape index (κ1) is 14.2. The molecule has 0 aliphatic heterocycles. The van der Waals surface area contributed by atoms with E-state index in [0.29, 0.717) is 5.69 Å². The molecule has 106 valence electrons. The maximum atomic E-state index is 11.2. The van der Waals surface area contributed by atoms with Crippen LogP contribution >= 0.6 is 11.3 Å². The van der Waals surface area contributed by atoms with Crippen molar-refractivity contribution in [1.82, 2.24) is 4.98 Å². The van der Waals surface area contributed by atoms with Gasteiger partial charge in [-0.25, -0.2) is 4.98 Å². The minimum atomic E-state index is -0.522. The second-order valence-corrected chi connectivity index (χ2v) is 5.59. The molecule has 0 amide bonds. The van der Waals surface area contributed by atoms with Crippen molar-refractivity contribution < 1.29 is 4.92 Å². The number of nitrogens with two attached hydrogens (primary N) is 1. The van der Waals surface area contributed by atoms with Crippen LogP contribution in [0.5, 0.6) is 0 Å². The Morgan fingerprint density at radius 1 is 1.40 bits per heavy atom. The first-order chi connectivity index (χ1) is 9.45. The molecule has 0 bridgehead atoms. The van der Waals surface area contributed by atoms with Crippen LogP contribution in [0.3, 0.4) is 0 Å². The van der Waals surface area contributed by atoms with E-state index in [2.05, 4.69) is 15.7 Å². The van der Waals surface area contributed by atoms with E-state index in [9.17, 15) is 10.1 Å². The van der Waals surface area contributed by atoms with Gasteiger partial charge < -0.3 is 10.7 Å². The molecule has 1 heterocycles. The number of aromatic nitrogens is 1. The minimum absolute atomic E-state index is 0.0837. The Morgan fingerprint density at radius 2 is 2.10 bits per heavy atom. The molecule has 0 saturated carbocycles. The van der Waals surface area contributed by atoms with Gasteiger partial charge in [0.2, 0.25) is 0 Å². The van der Waals surface area contributed by atoms with Crippen LogP contribution in [0.2, 0.25) is 0 Å². The van der Waals surface area contributed by atoms with Crippen LogP contribution in [0, 0.1) is 10.1 Å². The SMILES string of the molecule is CC(C)(Nc1cccc(NN)c1[N+](=O)[O-])c1nccs1. The molecule has 0 atom stereocenters. The molecule has 2 rings (SSSR count). The number of anilines is 2. The molecule has 2 aromatic rings. The summed E-state index contributed by atoms with van der Waals surface area (Å²) in [4.78, 5) is 15.0. The van der Waals surface area contributed by atoms with E-state index in [1.54, 1.807) is 24.4 Å². The minimum Gasteiger partial charge on any atom is -0.368 e. The van der Waals surface area contributed by atoms with Gasteiger partial charge >= 0.3 is 5.69 Å². The largest absolute Gasteiger partial charge is 0.368 e. The molecule has 0 spiro atoms. The van der Waals surface area contributed by atoms with E-state index in [1.165, 1.54) is 11.3 Å². The number of nitrogen functional groups attached to an aromatic ring is 1. The van der Waals surface area contributed by atoms with Crippen LogP contribution in [-0.4, -0.2) is 9.91 Å². The predicted octanol–water partition coefficient (Wildman–Crippen LogP) is 2.68. The highest BCUT2D eigenvalue weighted by atomic mass is 32.1. The molecule has 4 N–H and O–H groups in total. The van der Waals surface area contributed by atoms with Gasteiger partial charge in [0.1, 0.15) is 16.4 Å². The lowest BCUT2D eigenvalue weighted by atomic mass is 10.1. The van der Waals surface area contributed by atoms with Crippen molar-refractivity contribution >= 4 is 28.4 Å². The maximum Gasteiger partial charge on any atom is 0.316 e. The Kier molecular flexibility index (Phi) is 3.86. The lowest BCUT2D eigenvalue weighted by molar-refractivity contribution is -0.383. The van der Waals surface area contributed by atoms with Crippen molar-refractivity contribution in [2.75, 3.05) is 10.7 Å². The lowest BCUT2D eigenvalue weighted by Gasteiger charge is -2.25. The zero-order valence-corrected chi connectivity index (χ0v) is 11.9. The number of rotatable bonds is 5. The molecule has 1 aromatic heterocycles. The van der Waals surface area contributed by atoms with Crippen molar-refractivity contribution in [1.29, 1.82) is 0 Å². The molecule has 7 nitrogen and oxygen atoms in total. The van der Waals surface area contributed by atoms with Crippen LogP contribution in [0.25, 0.3) is 0 Å². The van der Waals surface area contributed by atoms with Crippen molar-refractivity contribution in [3.8, 4) is 0 Å². The van der Waals surface area contributed by atoms with E-state index in [4.69, 9.17) is 5.84 Å². The number of nitrogens with one attached hydrogen (secondary N) is 2. The molecule has 0 radical (unpaired) electrons. The Labute approximate surface area is 120 Å². The van der Waals surface area contributed by atoms with Gasteiger partial charge in [-0.3, -0.25) is 16.0 Å². The molecule has 0 aliphatic carbocycles. The van der Waals surface area contributed by atoms with Crippen molar-refractivity contribution in [3.63, 3.8) is 0 Å². The van der Waals surface area contributed by atoms with Gasteiger partial charge in [0, 0.05) is 11.6 Å². The molecule has 0 aliphatic rings. The smallest absolute Gasteiger partial charge is 0.316 e. The number of nitro groups is 1. The number of nitrogens with zero attached hydrogens (tertiary/aromatic N) is 2. The van der Waals surface area contributed by atoms with E-state index >= 15 is 0 Å². The third kappa shape index (κ3) is 2.70. The lowest BCUT2D eigenvalue weighted by Crippen LogP contribution is -2.28. The van der Waals surface area contributed by atoms with E-state index in [0.717, 1.165) is 5.01 Å². The van der Waals surface area contributed by atoms with Crippen LogP contribution in [0.15, 0.2) is 29.8 Å². The summed E-state index contributed by atoms with van der Waals surface area (Å²) >= 11 is 1.49. The van der Waals surface area contributed by atoms with Crippen molar-refractivity contribution in [3.05, 3.63) is 44.9 Å². The van der Waals surface area contributed by atoms with E-state index in [-0.39, 0.29) is 11.4 Å². The molecule has 8 heteroatoms. The number of para-hydroxylation sites is 1. The van der Waals surface area contributed by atoms with E-state index in [1.807, 2.05) is 19.2 Å². The third-order valence-electron chi connectivity index (χ3n) is 2.79. The zero-order chi connectivity index (χ0) is 14.8. The predicted molar refractivity (Wildman–Crippen MR) is 79.7 cm³/mol. The number of nitro benzene ring substituents is 1. The summed E-state index contributed by atoms with van der Waals surface area (Å²) < 4.78 is 0. The highest BCUT2D eigenvalue weighted by molar-refractivity contribution is 7.09. The van der Waals surface area contributed by atoms with Gasteiger partial charge in [-0.15, -0.1) is 11.3 Å². The second-order valence-electron chi connectivity index (χ2n) is 4.69. The van der Waals surface area contributed by atoms with Gasteiger partial charge in [0.25, 0.3) is 0 Å². The monoisotopic (exact) mass is 293 g/mol. The van der Waals surface area contributed by atoms with E-state index < -0.39 is 10.5 Å². The normalized spacial score (nSPS) is 11.2. The summed E-state index contributed by atoms with van der Waals surface area (Å²) in [6.45, 7) is 3.83. The number of hydrazine groups is 1. The van der Waals surface area contributed by atoms with Crippen LogP contribution in [0.1, 0.15) is 18.9 Å². The number of hydrogen-bond acceptors (Lipinski definition) is 7. The molecular formula is C12H15N5O2S. The fourth-order valence-corrected chi connectivity index (χ4v) is 2.60. The molecule has 0 fully saturated rings.